The standard InChI is InChI=1S/C19H15ClN2O5/c1-22-17(23)15(21-19(22)26)9-11-5-6-16(14(20)8-11)27-10-12-3-2-4-13(7-12)18(24)25/h2-9H,10H2,1H3,(H,21,26)(H,24,25)/p-1/b15-9+. The van der Waals surface area contributed by atoms with Crippen molar-refractivity contribution in [2.24, 2.45) is 0 Å². The fourth-order valence-electron chi connectivity index (χ4n) is 2.46. The lowest BCUT2D eigenvalue weighted by atomic mass is 10.1. The fourth-order valence-corrected chi connectivity index (χ4v) is 2.71. The second-order valence-electron chi connectivity index (χ2n) is 5.82. The number of amides is 3. The zero-order valence-corrected chi connectivity index (χ0v) is 14.9. The lowest BCUT2D eigenvalue weighted by Crippen LogP contribution is -2.25. The lowest BCUT2D eigenvalue weighted by molar-refractivity contribution is -0.255. The SMILES string of the molecule is CN1C(=O)N/C(=C/c2ccc(OCc3cccc(C(=O)[O-])c3)c(Cl)c2)C1=O. The molecule has 1 heterocycles. The van der Waals surface area contributed by atoms with Crippen LogP contribution in [0.5, 0.6) is 5.75 Å². The van der Waals surface area contributed by atoms with Gasteiger partial charge in [-0.25, -0.2) is 4.79 Å². The molecular weight excluding hydrogens is 372 g/mol. The average Bonchev–Trinajstić information content (AvgIpc) is 2.88. The zero-order chi connectivity index (χ0) is 19.6. The number of likely N-dealkylation sites (N-methyl/N-ethyl adjacent to an activating group) is 1. The Bertz CT molecular complexity index is 970. The lowest BCUT2D eigenvalue weighted by Gasteiger charge is -2.10. The molecule has 0 unspecified atom stereocenters. The Kier molecular flexibility index (Phi) is 5.14. The first-order valence-electron chi connectivity index (χ1n) is 7.88. The van der Waals surface area contributed by atoms with Crippen molar-refractivity contribution < 1.29 is 24.2 Å². The van der Waals surface area contributed by atoms with Gasteiger partial charge in [-0.15, -0.1) is 0 Å². The quantitative estimate of drug-likeness (QED) is 0.625. The molecule has 0 atom stereocenters. The summed E-state index contributed by atoms with van der Waals surface area (Å²) in [7, 11) is 1.39. The van der Waals surface area contributed by atoms with Crippen LogP contribution in [0, 0.1) is 0 Å². The molecule has 1 fully saturated rings. The van der Waals surface area contributed by atoms with Gasteiger partial charge in [0.1, 0.15) is 18.1 Å². The normalized spacial score (nSPS) is 15.2. The maximum absolute atomic E-state index is 11.9. The molecule has 1 aliphatic heterocycles. The molecular formula is C19H14ClN2O5-. The van der Waals surface area contributed by atoms with E-state index in [2.05, 4.69) is 5.32 Å². The summed E-state index contributed by atoms with van der Waals surface area (Å²) < 4.78 is 5.63. The van der Waals surface area contributed by atoms with Crippen LogP contribution in [0.25, 0.3) is 6.08 Å². The predicted molar refractivity (Wildman–Crippen MR) is 95.8 cm³/mol. The largest absolute Gasteiger partial charge is 0.545 e. The van der Waals surface area contributed by atoms with Gasteiger partial charge in [0.25, 0.3) is 5.91 Å². The number of carbonyl (C=O) groups excluding carboxylic acids is 3. The molecule has 1 N–H and O–H groups in total. The van der Waals surface area contributed by atoms with E-state index in [0.717, 1.165) is 4.90 Å². The van der Waals surface area contributed by atoms with E-state index in [1.807, 2.05) is 0 Å². The Labute approximate surface area is 159 Å². The number of nitrogens with one attached hydrogen (secondary N) is 1. The van der Waals surface area contributed by atoms with E-state index in [-0.39, 0.29) is 17.9 Å². The summed E-state index contributed by atoms with van der Waals surface area (Å²) >= 11 is 6.22. The number of carboxylic acid groups (broad SMARTS) is 1. The van der Waals surface area contributed by atoms with Crippen LogP contribution in [0.15, 0.2) is 48.2 Å². The number of carbonyl (C=O) groups is 3. The predicted octanol–water partition coefficient (Wildman–Crippen LogP) is 1.81. The smallest absolute Gasteiger partial charge is 0.328 e. The van der Waals surface area contributed by atoms with Crippen LogP contribution in [0.4, 0.5) is 4.79 Å². The Hall–Kier alpha value is -3.32. The Morgan fingerprint density at radius 2 is 2.04 bits per heavy atom. The second kappa shape index (κ2) is 7.51. The molecule has 8 heteroatoms. The first-order valence-corrected chi connectivity index (χ1v) is 8.26. The average molecular weight is 386 g/mol. The zero-order valence-electron chi connectivity index (χ0n) is 14.2. The van der Waals surface area contributed by atoms with Gasteiger partial charge in [0.15, 0.2) is 0 Å². The monoisotopic (exact) mass is 385 g/mol. The molecule has 7 nitrogen and oxygen atoms in total. The number of rotatable bonds is 5. The molecule has 2 aromatic carbocycles. The maximum atomic E-state index is 11.9. The van der Waals surface area contributed by atoms with Gasteiger partial charge in [-0.3, -0.25) is 9.69 Å². The summed E-state index contributed by atoms with van der Waals surface area (Å²) in [5.41, 5.74) is 1.50. The molecule has 0 bridgehead atoms. The summed E-state index contributed by atoms with van der Waals surface area (Å²) in [5.74, 6) is -1.28. The van der Waals surface area contributed by atoms with Crippen LogP contribution in [0.3, 0.4) is 0 Å². The van der Waals surface area contributed by atoms with Crippen molar-refractivity contribution in [3.63, 3.8) is 0 Å². The maximum Gasteiger partial charge on any atom is 0.328 e. The Balaban J connectivity index is 1.72. The topological polar surface area (TPSA) is 98.8 Å². The Morgan fingerprint density at radius 1 is 1.26 bits per heavy atom. The van der Waals surface area contributed by atoms with Gasteiger partial charge in [0.2, 0.25) is 0 Å². The number of benzene rings is 2. The number of hydrogen-bond donors (Lipinski definition) is 1. The third-order valence-corrected chi connectivity index (χ3v) is 4.20. The molecule has 138 valence electrons. The van der Waals surface area contributed by atoms with Gasteiger partial charge < -0.3 is 20.0 Å². The van der Waals surface area contributed by atoms with E-state index in [1.54, 1.807) is 30.3 Å². The first kappa shape index (κ1) is 18.5. The van der Waals surface area contributed by atoms with Crippen molar-refractivity contribution >= 4 is 35.6 Å². The molecule has 0 aliphatic carbocycles. The molecule has 0 saturated carbocycles. The minimum absolute atomic E-state index is 0.0671. The van der Waals surface area contributed by atoms with Gasteiger partial charge in [-0.1, -0.05) is 35.9 Å². The highest BCUT2D eigenvalue weighted by Gasteiger charge is 2.29. The molecule has 3 amide bonds. The highest BCUT2D eigenvalue weighted by molar-refractivity contribution is 6.32. The van der Waals surface area contributed by atoms with Gasteiger partial charge in [0.05, 0.1) is 11.0 Å². The van der Waals surface area contributed by atoms with Crippen LogP contribution >= 0.6 is 11.6 Å². The number of aromatic carboxylic acids is 1. The van der Waals surface area contributed by atoms with Gasteiger partial charge in [-0.05, 0) is 41.0 Å². The van der Waals surface area contributed by atoms with Crippen LogP contribution in [0.1, 0.15) is 21.5 Å². The highest BCUT2D eigenvalue weighted by Crippen LogP contribution is 2.27. The number of ether oxygens (including phenoxy) is 1. The molecule has 0 radical (unpaired) electrons. The summed E-state index contributed by atoms with van der Waals surface area (Å²) in [5, 5.41) is 13.7. The van der Waals surface area contributed by atoms with Gasteiger partial charge in [-0.2, -0.15) is 0 Å². The molecule has 27 heavy (non-hydrogen) atoms. The van der Waals surface area contributed by atoms with E-state index in [1.165, 1.54) is 25.3 Å². The van der Waals surface area contributed by atoms with Crippen molar-refractivity contribution in [2.45, 2.75) is 6.61 Å². The number of nitrogens with zero attached hydrogens (tertiary/aromatic N) is 1. The van der Waals surface area contributed by atoms with Crippen molar-refractivity contribution in [3.8, 4) is 5.75 Å². The number of carboxylic acids is 1. The summed E-state index contributed by atoms with van der Waals surface area (Å²) in [6.45, 7) is 0.126. The minimum Gasteiger partial charge on any atom is -0.545 e. The first-order chi connectivity index (χ1) is 12.8. The molecule has 3 rings (SSSR count). The van der Waals surface area contributed by atoms with E-state index in [4.69, 9.17) is 16.3 Å². The van der Waals surface area contributed by atoms with Crippen LogP contribution < -0.4 is 15.2 Å². The third kappa shape index (κ3) is 4.09. The van der Waals surface area contributed by atoms with E-state index in [9.17, 15) is 19.5 Å². The molecule has 1 saturated heterocycles. The molecule has 1 aliphatic rings. The minimum atomic E-state index is -1.26. The number of halogens is 1. The van der Waals surface area contributed by atoms with Crippen molar-refractivity contribution in [3.05, 3.63) is 69.9 Å². The van der Waals surface area contributed by atoms with Crippen LogP contribution in [-0.2, 0) is 11.4 Å². The molecule has 0 aromatic heterocycles. The van der Waals surface area contributed by atoms with Gasteiger partial charge in [0, 0.05) is 7.05 Å². The highest BCUT2D eigenvalue weighted by atomic mass is 35.5. The van der Waals surface area contributed by atoms with E-state index in [0.29, 0.717) is 21.9 Å². The van der Waals surface area contributed by atoms with Crippen LogP contribution in [0.2, 0.25) is 5.02 Å². The summed E-state index contributed by atoms with van der Waals surface area (Å²) in [6.07, 6.45) is 1.52. The van der Waals surface area contributed by atoms with Crippen molar-refractivity contribution in [2.75, 3.05) is 7.05 Å². The number of urea groups is 1. The van der Waals surface area contributed by atoms with Crippen molar-refractivity contribution in [1.82, 2.24) is 10.2 Å². The van der Waals surface area contributed by atoms with E-state index >= 15 is 0 Å². The fraction of sp³-hybridized carbons (Fsp3) is 0.105. The second-order valence-corrected chi connectivity index (χ2v) is 6.23. The Morgan fingerprint density at radius 3 is 2.67 bits per heavy atom. The van der Waals surface area contributed by atoms with E-state index < -0.39 is 17.9 Å². The summed E-state index contributed by atoms with van der Waals surface area (Å²) in [6, 6.07) is 10.7. The molecule has 2 aromatic rings. The third-order valence-electron chi connectivity index (χ3n) is 3.91. The summed E-state index contributed by atoms with van der Waals surface area (Å²) in [4.78, 5) is 35.2. The van der Waals surface area contributed by atoms with Crippen LogP contribution in [-0.4, -0.2) is 29.9 Å². The number of imide groups is 1. The van der Waals surface area contributed by atoms with Crippen molar-refractivity contribution in [1.29, 1.82) is 0 Å². The van der Waals surface area contributed by atoms with Gasteiger partial charge >= 0.3 is 6.03 Å². The molecule has 0 spiro atoms. The number of hydrogen-bond acceptors (Lipinski definition) is 5.